The van der Waals surface area contributed by atoms with Crippen LogP contribution in [0.25, 0.3) is 0 Å². The van der Waals surface area contributed by atoms with Crippen molar-refractivity contribution >= 4 is 17.9 Å². The van der Waals surface area contributed by atoms with Crippen molar-refractivity contribution in [3.63, 3.8) is 0 Å². The Balaban J connectivity index is 1.77. The third-order valence-corrected chi connectivity index (χ3v) is 3.20. The second-order valence-corrected chi connectivity index (χ2v) is 5.28. The average molecular weight is 334 g/mol. The van der Waals surface area contributed by atoms with Crippen molar-refractivity contribution in [2.45, 2.75) is 13.0 Å². The molecule has 0 unspecified atom stereocenters. The molecule has 0 atom stereocenters. The first-order valence-corrected chi connectivity index (χ1v) is 7.33. The van der Waals surface area contributed by atoms with Gasteiger partial charge in [0.25, 0.3) is 0 Å². The van der Waals surface area contributed by atoms with Gasteiger partial charge in [-0.05, 0) is 18.1 Å². The molecule has 1 aromatic heterocycles. The van der Waals surface area contributed by atoms with Crippen LogP contribution in [-0.2, 0) is 17.8 Å². The number of halogens is 1. The maximum absolute atomic E-state index is 13.4. The predicted octanol–water partition coefficient (Wildman–Crippen LogP) is 0.870. The van der Waals surface area contributed by atoms with Crippen LogP contribution >= 0.6 is 0 Å². The Morgan fingerprint density at radius 2 is 2.04 bits per heavy atom. The van der Waals surface area contributed by atoms with E-state index < -0.39 is 6.03 Å². The van der Waals surface area contributed by atoms with Crippen LogP contribution in [0.4, 0.5) is 15.1 Å². The molecule has 0 aliphatic rings. The minimum absolute atomic E-state index is 0.0383. The van der Waals surface area contributed by atoms with Crippen LogP contribution in [-0.4, -0.2) is 52.2 Å². The SMILES string of the molecule is CN(C)C(=O)Cn1cnc(NC(=O)NCCc2ccccc2F)n1. The molecule has 0 saturated carbocycles. The highest BCUT2D eigenvalue weighted by atomic mass is 19.1. The number of rotatable bonds is 6. The average Bonchev–Trinajstić information content (AvgIpc) is 2.96. The van der Waals surface area contributed by atoms with Crippen molar-refractivity contribution in [3.8, 4) is 0 Å². The second-order valence-electron chi connectivity index (χ2n) is 5.28. The molecule has 0 radical (unpaired) electrons. The summed E-state index contributed by atoms with van der Waals surface area (Å²) in [6.45, 7) is 0.309. The van der Waals surface area contributed by atoms with Gasteiger partial charge in [-0.3, -0.25) is 10.1 Å². The van der Waals surface area contributed by atoms with Crippen molar-refractivity contribution in [2.24, 2.45) is 0 Å². The number of amides is 3. The third kappa shape index (κ3) is 5.04. The van der Waals surface area contributed by atoms with E-state index in [0.29, 0.717) is 12.0 Å². The molecule has 2 aromatic rings. The summed E-state index contributed by atoms with van der Waals surface area (Å²) in [6.07, 6.45) is 1.73. The van der Waals surface area contributed by atoms with Crippen molar-refractivity contribution < 1.29 is 14.0 Å². The smallest absolute Gasteiger partial charge is 0.321 e. The third-order valence-electron chi connectivity index (χ3n) is 3.20. The number of hydrogen-bond acceptors (Lipinski definition) is 4. The summed E-state index contributed by atoms with van der Waals surface area (Å²) in [7, 11) is 3.28. The minimum Gasteiger partial charge on any atom is -0.347 e. The largest absolute Gasteiger partial charge is 0.347 e. The zero-order chi connectivity index (χ0) is 17.5. The van der Waals surface area contributed by atoms with Crippen molar-refractivity contribution in [1.82, 2.24) is 25.0 Å². The number of hydrogen-bond donors (Lipinski definition) is 2. The fraction of sp³-hybridized carbons (Fsp3) is 0.333. The number of carbonyl (C=O) groups excluding carboxylic acids is 2. The maximum atomic E-state index is 13.4. The van der Waals surface area contributed by atoms with E-state index in [1.165, 1.54) is 22.0 Å². The number of nitrogens with zero attached hydrogens (tertiary/aromatic N) is 4. The molecule has 1 heterocycles. The predicted molar refractivity (Wildman–Crippen MR) is 85.8 cm³/mol. The number of urea groups is 1. The topological polar surface area (TPSA) is 92.2 Å². The number of anilines is 1. The van der Waals surface area contributed by atoms with Crippen LogP contribution in [0.2, 0.25) is 0 Å². The quantitative estimate of drug-likeness (QED) is 0.820. The van der Waals surface area contributed by atoms with Gasteiger partial charge in [0, 0.05) is 20.6 Å². The van der Waals surface area contributed by atoms with Gasteiger partial charge in [-0.25, -0.2) is 18.9 Å². The molecule has 0 spiro atoms. The zero-order valence-electron chi connectivity index (χ0n) is 13.5. The molecule has 2 N–H and O–H groups in total. The molecular weight excluding hydrogens is 315 g/mol. The van der Waals surface area contributed by atoms with Crippen LogP contribution < -0.4 is 10.6 Å². The Kier molecular flexibility index (Phi) is 5.83. The lowest BCUT2D eigenvalue weighted by atomic mass is 10.1. The Morgan fingerprint density at radius 3 is 2.75 bits per heavy atom. The summed E-state index contributed by atoms with van der Waals surface area (Å²) in [6, 6.07) is 5.90. The van der Waals surface area contributed by atoms with Gasteiger partial charge in [0.15, 0.2) is 0 Å². The normalized spacial score (nSPS) is 10.3. The van der Waals surface area contributed by atoms with Crippen LogP contribution in [0, 0.1) is 5.82 Å². The molecule has 0 bridgehead atoms. The Hall–Kier alpha value is -2.97. The first kappa shape index (κ1) is 17.4. The fourth-order valence-electron chi connectivity index (χ4n) is 1.87. The molecular formula is C15H19FN6O2. The van der Waals surface area contributed by atoms with Crippen molar-refractivity contribution in [1.29, 1.82) is 0 Å². The number of carbonyl (C=O) groups is 2. The van der Waals surface area contributed by atoms with Gasteiger partial charge >= 0.3 is 6.03 Å². The highest BCUT2D eigenvalue weighted by Crippen LogP contribution is 2.06. The first-order valence-electron chi connectivity index (χ1n) is 7.33. The van der Waals surface area contributed by atoms with Gasteiger partial charge in [0.1, 0.15) is 18.7 Å². The van der Waals surface area contributed by atoms with Crippen LogP contribution in [0.1, 0.15) is 5.56 Å². The summed E-state index contributed by atoms with van der Waals surface area (Å²) in [5.41, 5.74) is 0.530. The molecule has 0 saturated heterocycles. The van der Waals surface area contributed by atoms with Gasteiger partial charge in [-0.2, -0.15) is 0 Å². The molecule has 1 aromatic carbocycles. The van der Waals surface area contributed by atoms with Crippen LogP contribution in [0.3, 0.4) is 0 Å². The lowest BCUT2D eigenvalue weighted by molar-refractivity contribution is -0.129. The van der Waals surface area contributed by atoms with Gasteiger partial charge in [-0.1, -0.05) is 18.2 Å². The highest BCUT2D eigenvalue weighted by molar-refractivity contribution is 5.87. The first-order chi connectivity index (χ1) is 11.5. The second kappa shape index (κ2) is 8.04. The highest BCUT2D eigenvalue weighted by Gasteiger charge is 2.10. The molecule has 128 valence electrons. The summed E-state index contributed by atoms with van der Waals surface area (Å²) < 4.78 is 14.8. The molecule has 24 heavy (non-hydrogen) atoms. The van der Waals surface area contributed by atoms with Gasteiger partial charge in [-0.15, -0.1) is 5.10 Å². The zero-order valence-corrected chi connectivity index (χ0v) is 13.5. The summed E-state index contributed by atoms with van der Waals surface area (Å²) in [4.78, 5) is 28.6. The van der Waals surface area contributed by atoms with E-state index in [1.807, 2.05) is 0 Å². The number of aromatic nitrogens is 3. The van der Waals surface area contributed by atoms with E-state index in [-0.39, 0.29) is 30.8 Å². The Morgan fingerprint density at radius 1 is 1.29 bits per heavy atom. The summed E-state index contributed by atoms with van der Waals surface area (Å²) >= 11 is 0. The van der Waals surface area contributed by atoms with Gasteiger partial charge in [0.05, 0.1) is 0 Å². The standard InChI is InChI=1S/C15H19FN6O2/c1-21(2)13(23)9-22-10-18-14(20-22)19-15(24)17-8-7-11-5-3-4-6-12(11)16/h3-6,10H,7-9H2,1-2H3,(H2,17,19,20,24). The Bertz CT molecular complexity index is 715. The molecule has 0 aliphatic heterocycles. The van der Waals surface area contributed by atoms with Crippen LogP contribution in [0.15, 0.2) is 30.6 Å². The lowest BCUT2D eigenvalue weighted by Gasteiger charge is -2.09. The molecule has 0 fully saturated rings. The van der Waals surface area contributed by atoms with Crippen molar-refractivity contribution in [3.05, 3.63) is 42.0 Å². The molecule has 0 aliphatic carbocycles. The van der Waals surface area contributed by atoms with Gasteiger partial charge < -0.3 is 10.2 Å². The summed E-state index contributed by atoms with van der Waals surface area (Å²) in [5, 5.41) is 9.03. The monoisotopic (exact) mass is 334 g/mol. The molecule has 8 nitrogen and oxygen atoms in total. The molecule has 9 heteroatoms. The maximum Gasteiger partial charge on any atom is 0.321 e. The number of nitrogens with one attached hydrogen (secondary N) is 2. The summed E-state index contributed by atoms with van der Waals surface area (Å²) in [5.74, 6) is -0.351. The van der Waals surface area contributed by atoms with E-state index in [4.69, 9.17) is 0 Å². The van der Waals surface area contributed by atoms with Crippen molar-refractivity contribution in [2.75, 3.05) is 26.0 Å². The lowest BCUT2D eigenvalue weighted by Crippen LogP contribution is -2.31. The Labute approximate surface area is 138 Å². The van der Waals surface area contributed by atoms with E-state index in [2.05, 4.69) is 20.7 Å². The van der Waals surface area contributed by atoms with Gasteiger partial charge in [0.2, 0.25) is 11.9 Å². The van der Waals surface area contributed by atoms with E-state index >= 15 is 0 Å². The van der Waals surface area contributed by atoms with E-state index in [0.717, 1.165) is 0 Å². The number of likely N-dealkylation sites (N-methyl/N-ethyl adjacent to an activating group) is 1. The van der Waals surface area contributed by atoms with E-state index in [1.54, 1.807) is 32.3 Å². The van der Waals surface area contributed by atoms with E-state index in [9.17, 15) is 14.0 Å². The molecule has 3 amide bonds. The minimum atomic E-state index is -0.497. The fourth-order valence-corrected chi connectivity index (χ4v) is 1.87. The molecule has 2 rings (SSSR count). The van der Waals surface area contributed by atoms with Crippen LogP contribution in [0.5, 0.6) is 0 Å². The number of benzene rings is 1.